The van der Waals surface area contributed by atoms with E-state index in [1.807, 2.05) is 0 Å². The van der Waals surface area contributed by atoms with E-state index in [2.05, 4.69) is 19.2 Å². The number of nitrogens with zero attached hydrogens (tertiary/aromatic N) is 1. The fourth-order valence-corrected chi connectivity index (χ4v) is 2.20. The lowest BCUT2D eigenvalue weighted by Crippen LogP contribution is -2.34. The summed E-state index contributed by atoms with van der Waals surface area (Å²) in [5.74, 6) is 0.403. The molecule has 0 aromatic heterocycles. The van der Waals surface area contributed by atoms with Crippen molar-refractivity contribution in [3.8, 4) is 0 Å². The van der Waals surface area contributed by atoms with Crippen molar-refractivity contribution >= 4 is 23.2 Å². The maximum atomic E-state index is 12.2. The summed E-state index contributed by atoms with van der Waals surface area (Å²) in [4.78, 5) is 22.4. The largest absolute Gasteiger partial charge is 0.351 e. The third-order valence-electron chi connectivity index (χ3n) is 3.38. The molecule has 21 heavy (non-hydrogen) atoms. The molecule has 0 heterocycles. The number of rotatable bonds is 7. The summed E-state index contributed by atoms with van der Waals surface area (Å²) in [7, 11) is 0. The number of amides is 1. The summed E-state index contributed by atoms with van der Waals surface area (Å²) >= 11 is 5.68. The number of aryl methyl sites for hydroxylation is 1. The van der Waals surface area contributed by atoms with Gasteiger partial charge in [0.1, 0.15) is 0 Å². The molecule has 0 aliphatic rings. The number of nitro groups is 1. The van der Waals surface area contributed by atoms with E-state index in [0.717, 1.165) is 12.8 Å². The van der Waals surface area contributed by atoms with Crippen molar-refractivity contribution in [2.45, 2.75) is 33.6 Å². The number of carbonyl (C=O) groups excluding carboxylic acids is 1. The first-order valence-electron chi connectivity index (χ1n) is 6.86. The van der Waals surface area contributed by atoms with Crippen LogP contribution in [0.5, 0.6) is 0 Å². The Labute approximate surface area is 129 Å². The monoisotopic (exact) mass is 312 g/mol. The minimum absolute atomic E-state index is 0.00788. The lowest BCUT2D eigenvalue weighted by Gasteiger charge is -2.24. The van der Waals surface area contributed by atoms with E-state index in [0.29, 0.717) is 23.6 Å². The quantitative estimate of drug-likeness (QED) is 0.474. The van der Waals surface area contributed by atoms with Gasteiger partial charge in [-0.1, -0.05) is 13.8 Å². The van der Waals surface area contributed by atoms with Crippen molar-refractivity contribution in [3.05, 3.63) is 39.4 Å². The summed E-state index contributed by atoms with van der Waals surface area (Å²) in [6, 6.07) is 4.25. The fourth-order valence-electron chi connectivity index (χ4n) is 2.06. The zero-order chi connectivity index (χ0) is 16.0. The maximum absolute atomic E-state index is 12.2. The summed E-state index contributed by atoms with van der Waals surface area (Å²) < 4.78 is 0. The molecule has 0 atom stereocenters. The molecule has 0 saturated heterocycles. The standard InChI is InChI=1S/C15H21ClN2O3/c1-11-9-12(18(20)21)5-6-13(11)14(19)17-10-15(2,3)7-4-8-16/h5-6,9H,4,7-8,10H2,1-3H3,(H,17,19). The molecule has 0 aliphatic heterocycles. The molecule has 0 radical (unpaired) electrons. The Hall–Kier alpha value is -1.62. The van der Waals surface area contributed by atoms with Gasteiger partial charge in [-0.2, -0.15) is 0 Å². The van der Waals surface area contributed by atoms with Crippen LogP contribution in [-0.2, 0) is 0 Å². The molecule has 0 fully saturated rings. The number of nitro benzene ring substituents is 1. The van der Waals surface area contributed by atoms with Crippen LogP contribution in [0.1, 0.15) is 42.6 Å². The van der Waals surface area contributed by atoms with Gasteiger partial charge in [-0.3, -0.25) is 14.9 Å². The molecule has 6 heteroatoms. The minimum atomic E-state index is -0.468. The lowest BCUT2D eigenvalue weighted by molar-refractivity contribution is -0.384. The summed E-state index contributed by atoms with van der Waals surface area (Å²) in [5.41, 5.74) is 1.03. The van der Waals surface area contributed by atoms with Gasteiger partial charge < -0.3 is 5.32 Å². The molecule has 1 N–H and O–H groups in total. The van der Waals surface area contributed by atoms with Crippen molar-refractivity contribution in [1.29, 1.82) is 0 Å². The van der Waals surface area contributed by atoms with Crippen LogP contribution in [0.15, 0.2) is 18.2 Å². The van der Waals surface area contributed by atoms with Crippen LogP contribution in [-0.4, -0.2) is 23.3 Å². The Bertz CT molecular complexity index is 530. The van der Waals surface area contributed by atoms with Crippen LogP contribution in [0.4, 0.5) is 5.69 Å². The van der Waals surface area contributed by atoms with Crippen molar-refractivity contribution in [2.75, 3.05) is 12.4 Å². The predicted octanol–water partition coefficient (Wildman–Crippen LogP) is 3.68. The van der Waals surface area contributed by atoms with Crippen LogP contribution >= 0.6 is 11.6 Å². The fraction of sp³-hybridized carbons (Fsp3) is 0.533. The van der Waals surface area contributed by atoms with Crippen molar-refractivity contribution in [3.63, 3.8) is 0 Å². The lowest BCUT2D eigenvalue weighted by atomic mass is 9.88. The van der Waals surface area contributed by atoms with Crippen LogP contribution < -0.4 is 5.32 Å². The van der Waals surface area contributed by atoms with Gasteiger partial charge in [0, 0.05) is 30.1 Å². The summed E-state index contributed by atoms with van der Waals surface area (Å²) in [6.07, 6.45) is 1.83. The van der Waals surface area contributed by atoms with Gasteiger partial charge in [-0.25, -0.2) is 0 Å². The number of carbonyl (C=O) groups is 1. The normalized spacial score (nSPS) is 11.2. The molecule has 0 unspecified atom stereocenters. The molecule has 0 aliphatic carbocycles. The molecule has 116 valence electrons. The SMILES string of the molecule is Cc1cc([N+](=O)[O-])ccc1C(=O)NCC(C)(C)CCCCl. The van der Waals surface area contributed by atoms with Gasteiger partial charge in [0.2, 0.25) is 0 Å². The number of nitrogens with one attached hydrogen (secondary N) is 1. The second kappa shape index (κ2) is 7.41. The molecule has 0 saturated carbocycles. The highest BCUT2D eigenvalue weighted by Gasteiger charge is 2.20. The van der Waals surface area contributed by atoms with Crippen LogP contribution in [0.25, 0.3) is 0 Å². The highest BCUT2D eigenvalue weighted by molar-refractivity contribution is 6.17. The summed E-state index contributed by atoms with van der Waals surface area (Å²) in [5, 5.41) is 13.6. The number of benzene rings is 1. The summed E-state index contributed by atoms with van der Waals surface area (Å²) in [6.45, 7) is 6.38. The minimum Gasteiger partial charge on any atom is -0.351 e. The first-order valence-corrected chi connectivity index (χ1v) is 7.39. The van der Waals surface area contributed by atoms with Crippen LogP contribution in [0.2, 0.25) is 0 Å². The van der Waals surface area contributed by atoms with Crippen molar-refractivity contribution in [1.82, 2.24) is 5.32 Å². The molecule has 1 amide bonds. The molecular formula is C15H21ClN2O3. The molecule has 0 spiro atoms. The molecular weight excluding hydrogens is 292 g/mol. The second-order valence-electron chi connectivity index (χ2n) is 5.90. The second-order valence-corrected chi connectivity index (χ2v) is 6.27. The topological polar surface area (TPSA) is 72.2 Å². The van der Waals surface area contributed by atoms with E-state index >= 15 is 0 Å². The smallest absolute Gasteiger partial charge is 0.269 e. The van der Waals surface area contributed by atoms with E-state index in [9.17, 15) is 14.9 Å². The van der Waals surface area contributed by atoms with Crippen LogP contribution in [0.3, 0.4) is 0 Å². The van der Waals surface area contributed by atoms with Gasteiger partial charge in [-0.15, -0.1) is 11.6 Å². The van der Waals surface area contributed by atoms with Gasteiger partial charge in [0.05, 0.1) is 4.92 Å². The maximum Gasteiger partial charge on any atom is 0.269 e. The van der Waals surface area contributed by atoms with E-state index in [1.165, 1.54) is 18.2 Å². The van der Waals surface area contributed by atoms with Gasteiger partial charge in [-0.05, 0) is 36.8 Å². The van der Waals surface area contributed by atoms with Gasteiger partial charge in [0.25, 0.3) is 11.6 Å². The Kier molecular flexibility index (Phi) is 6.15. The Balaban J connectivity index is 2.70. The Morgan fingerprint density at radius 2 is 2.10 bits per heavy atom. The number of alkyl halides is 1. The highest BCUT2D eigenvalue weighted by Crippen LogP contribution is 2.22. The average Bonchev–Trinajstić information content (AvgIpc) is 2.42. The van der Waals surface area contributed by atoms with E-state index < -0.39 is 4.92 Å². The van der Waals surface area contributed by atoms with Crippen molar-refractivity contribution < 1.29 is 9.72 Å². The number of hydrogen-bond donors (Lipinski definition) is 1. The Morgan fingerprint density at radius 1 is 1.43 bits per heavy atom. The molecule has 1 rings (SSSR count). The van der Waals surface area contributed by atoms with Gasteiger partial charge >= 0.3 is 0 Å². The number of halogens is 1. The third-order valence-corrected chi connectivity index (χ3v) is 3.65. The number of hydrogen-bond acceptors (Lipinski definition) is 3. The zero-order valence-corrected chi connectivity index (χ0v) is 13.4. The molecule has 1 aromatic carbocycles. The van der Waals surface area contributed by atoms with E-state index in [4.69, 9.17) is 11.6 Å². The van der Waals surface area contributed by atoms with Gasteiger partial charge in [0.15, 0.2) is 0 Å². The van der Waals surface area contributed by atoms with Crippen molar-refractivity contribution in [2.24, 2.45) is 5.41 Å². The third kappa shape index (κ3) is 5.34. The first-order chi connectivity index (χ1) is 9.76. The first kappa shape index (κ1) is 17.4. The van der Waals surface area contributed by atoms with Crippen LogP contribution in [0, 0.1) is 22.5 Å². The predicted molar refractivity (Wildman–Crippen MR) is 83.9 cm³/mol. The molecule has 1 aromatic rings. The average molecular weight is 313 g/mol. The van der Waals surface area contributed by atoms with E-state index in [-0.39, 0.29) is 17.0 Å². The molecule has 0 bridgehead atoms. The zero-order valence-electron chi connectivity index (χ0n) is 12.6. The number of non-ortho nitro benzene ring substituents is 1. The molecule has 5 nitrogen and oxygen atoms in total. The highest BCUT2D eigenvalue weighted by atomic mass is 35.5. The van der Waals surface area contributed by atoms with E-state index in [1.54, 1.807) is 6.92 Å². The Morgan fingerprint density at radius 3 is 2.62 bits per heavy atom.